The molecule has 0 fully saturated rings. The van der Waals surface area contributed by atoms with Gasteiger partial charge in [-0.1, -0.05) is 4.89 Å². The zero-order valence-corrected chi connectivity index (χ0v) is 11.0. The van der Waals surface area contributed by atoms with E-state index in [0.29, 0.717) is 5.39 Å². The summed E-state index contributed by atoms with van der Waals surface area (Å²) in [5.74, 6) is 0. The van der Waals surface area contributed by atoms with E-state index in [0.717, 1.165) is 18.2 Å². The summed E-state index contributed by atoms with van der Waals surface area (Å²) >= 11 is 0. The van der Waals surface area contributed by atoms with Crippen molar-refractivity contribution in [3.8, 4) is 0 Å². The monoisotopic (exact) mass is 323 g/mol. The van der Waals surface area contributed by atoms with Crippen molar-refractivity contribution in [2.24, 2.45) is 0 Å². The van der Waals surface area contributed by atoms with E-state index in [4.69, 9.17) is 4.42 Å². The smallest absolute Gasteiger partial charge is 0.413 e. The van der Waals surface area contributed by atoms with Gasteiger partial charge < -0.3 is 4.42 Å². The predicted octanol–water partition coefficient (Wildman–Crippen LogP) is 1.57. The lowest BCUT2D eigenvalue weighted by atomic mass is 10.2. The van der Waals surface area contributed by atoms with Gasteiger partial charge in [-0.2, -0.15) is 13.2 Å². The average molecular weight is 323 g/mol. The molecule has 0 unspecified atom stereocenters. The molecule has 10 heteroatoms. The molecule has 0 atom stereocenters. The molecule has 6 nitrogen and oxygen atoms in total. The fourth-order valence-corrected chi connectivity index (χ4v) is 2.29. The Labute approximate surface area is 116 Å². The van der Waals surface area contributed by atoms with Crippen LogP contribution in [0.25, 0.3) is 11.0 Å². The lowest BCUT2D eigenvalue weighted by molar-refractivity contribution is -0.181. The summed E-state index contributed by atoms with van der Waals surface area (Å²) in [5.41, 5.74) is -0.456. The van der Waals surface area contributed by atoms with E-state index in [-0.39, 0.29) is 10.5 Å². The maximum atomic E-state index is 11.9. The minimum Gasteiger partial charge on any atom is -0.423 e. The van der Waals surface area contributed by atoms with E-state index in [1.54, 1.807) is 0 Å². The van der Waals surface area contributed by atoms with E-state index in [1.165, 1.54) is 17.0 Å². The Bertz CT molecular complexity index is 812. The van der Waals surface area contributed by atoms with Crippen LogP contribution in [0.1, 0.15) is 0 Å². The first-order valence-electron chi connectivity index (χ1n) is 5.42. The van der Waals surface area contributed by atoms with Crippen molar-refractivity contribution < 1.29 is 30.8 Å². The maximum Gasteiger partial charge on any atom is 0.413 e. The molecule has 1 aromatic heterocycles. The molecule has 1 heterocycles. The number of rotatable bonds is 4. The first-order chi connectivity index (χ1) is 9.67. The Morgan fingerprint density at radius 2 is 1.90 bits per heavy atom. The average Bonchev–Trinajstić information content (AvgIpc) is 2.36. The van der Waals surface area contributed by atoms with Gasteiger partial charge in [0.15, 0.2) is 6.61 Å². The SMILES string of the molecule is O=c1ccc2cc(S(=O)(=O)NOCC(F)(F)F)ccc2o1. The number of hydrogen-bond acceptors (Lipinski definition) is 5. The van der Waals surface area contributed by atoms with Crippen molar-refractivity contribution in [2.75, 3.05) is 6.61 Å². The molecule has 0 aliphatic carbocycles. The number of fused-ring (bicyclic) bond motifs is 1. The number of nitrogens with one attached hydrogen (secondary N) is 1. The van der Waals surface area contributed by atoms with Crippen LogP contribution in [0.3, 0.4) is 0 Å². The molecule has 114 valence electrons. The molecule has 0 bridgehead atoms. The molecule has 0 aliphatic rings. The lowest BCUT2D eigenvalue weighted by Gasteiger charge is -2.09. The molecule has 1 aromatic carbocycles. The highest BCUT2D eigenvalue weighted by molar-refractivity contribution is 7.89. The van der Waals surface area contributed by atoms with E-state index in [1.807, 2.05) is 0 Å². The van der Waals surface area contributed by atoms with Gasteiger partial charge in [0.25, 0.3) is 10.0 Å². The number of benzene rings is 1. The standard InChI is InChI=1S/C11H8F3NO5S/c12-11(13,14)6-19-15-21(17,18)8-2-3-9-7(5-8)1-4-10(16)20-9/h1-5,15H,6H2. The summed E-state index contributed by atoms with van der Waals surface area (Å²) in [6.07, 6.45) is -4.66. The lowest BCUT2D eigenvalue weighted by Crippen LogP contribution is -2.29. The summed E-state index contributed by atoms with van der Waals surface area (Å²) < 4.78 is 63.9. The minimum atomic E-state index is -4.66. The van der Waals surface area contributed by atoms with Crippen LogP contribution in [0.2, 0.25) is 0 Å². The van der Waals surface area contributed by atoms with Crippen molar-refractivity contribution in [1.82, 2.24) is 4.89 Å². The molecule has 0 saturated heterocycles. The zero-order valence-electron chi connectivity index (χ0n) is 10.2. The maximum absolute atomic E-state index is 11.9. The van der Waals surface area contributed by atoms with Crippen LogP contribution >= 0.6 is 0 Å². The van der Waals surface area contributed by atoms with Crippen molar-refractivity contribution in [3.63, 3.8) is 0 Å². The van der Waals surface area contributed by atoms with E-state index in [9.17, 15) is 26.4 Å². The summed E-state index contributed by atoms with van der Waals surface area (Å²) in [6.45, 7) is -1.76. The van der Waals surface area contributed by atoms with Crippen molar-refractivity contribution >= 4 is 21.0 Å². The third-order valence-electron chi connectivity index (χ3n) is 2.31. The van der Waals surface area contributed by atoms with Gasteiger partial charge in [0, 0.05) is 11.5 Å². The van der Waals surface area contributed by atoms with Crippen molar-refractivity contribution in [2.45, 2.75) is 11.1 Å². The number of halogens is 3. The van der Waals surface area contributed by atoms with Crippen molar-refractivity contribution in [1.29, 1.82) is 0 Å². The third-order valence-corrected chi connectivity index (χ3v) is 3.52. The Hall–Kier alpha value is -1.91. The van der Waals surface area contributed by atoms with Gasteiger partial charge in [-0.05, 0) is 24.3 Å². The fourth-order valence-electron chi connectivity index (χ4n) is 1.45. The van der Waals surface area contributed by atoms with E-state index in [2.05, 4.69) is 4.84 Å². The quantitative estimate of drug-likeness (QED) is 0.682. The fraction of sp³-hybridized carbons (Fsp3) is 0.182. The van der Waals surface area contributed by atoms with Gasteiger partial charge in [0.2, 0.25) is 0 Å². The van der Waals surface area contributed by atoms with Crippen LogP contribution in [0.15, 0.2) is 44.4 Å². The highest BCUT2D eigenvalue weighted by Crippen LogP contribution is 2.18. The van der Waals surface area contributed by atoms with Gasteiger partial charge in [-0.3, -0.25) is 4.84 Å². The Kier molecular flexibility index (Phi) is 4.03. The summed E-state index contributed by atoms with van der Waals surface area (Å²) in [7, 11) is -4.28. The third kappa shape index (κ3) is 4.03. The molecular formula is C11H8F3NO5S. The van der Waals surface area contributed by atoms with Gasteiger partial charge in [-0.15, -0.1) is 0 Å². The van der Waals surface area contributed by atoms with Gasteiger partial charge in [0.1, 0.15) is 5.58 Å². The molecule has 0 radical (unpaired) electrons. The zero-order chi connectivity index (χ0) is 15.7. The predicted molar refractivity (Wildman–Crippen MR) is 64.8 cm³/mol. The Balaban J connectivity index is 2.24. The molecule has 1 N–H and O–H groups in total. The van der Waals surface area contributed by atoms with Crippen LogP contribution in [0, 0.1) is 0 Å². The van der Waals surface area contributed by atoms with Crippen LogP contribution in [0.4, 0.5) is 13.2 Å². The number of hydrogen-bond donors (Lipinski definition) is 1. The largest absolute Gasteiger partial charge is 0.423 e. The number of sulfonamides is 1. The van der Waals surface area contributed by atoms with Crippen LogP contribution in [-0.2, 0) is 14.9 Å². The van der Waals surface area contributed by atoms with Gasteiger partial charge in [0.05, 0.1) is 4.90 Å². The first kappa shape index (κ1) is 15.5. The van der Waals surface area contributed by atoms with Crippen LogP contribution < -0.4 is 10.5 Å². The molecule has 2 rings (SSSR count). The molecule has 2 aromatic rings. The molecule has 0 saturated carbocycles. The Morgan fingerprint density at radius 3 is 2.57 bits per heavy atom. The molecule has 0 amide bonds. The van der Waals surface area contributed by atoms with E-state index >= 15 is 0 Å². The van der Waals surface area contributed by atoms with Gasteiger partial charge >= 0.3 is 11.8 Å². The molecule has 21 heavy (non-hydrogen) atoms. The summed E-state index contributed by atoms with van der Waals surface area (Å²) in [5, 5.41) is 0.299. The first-order valence-corrected chi connectivity index (χ1v) is 6.90. The normalized spacial score (nSPS) is 12.7. The number of alkyl halides is 3. The highest BCUT2D eigenvalue weighted by Gasteiger charge is 2.29. The second-order valence-corrected chi connectivity index (χ2v) is 5.59. The van der Waals surface area contributed by atoms with Crippen LogP contribution in [0.5, 0.6) is 0 Å². The topological polar surface area (TPSA) is 85.6 Å². The van der Waals surface area contributed by atoms with Gasteiger partial charge in [-0.25, -0.2) is 13.2 Å². The second kappa shape index (κ2) is 5.47. The highest BCUT2D eigenvalue weighted by atomic mass is 32.2. The minimum absolute atomic E-state index is 0.151. The van der Waals surface area contributed by atoms with Crippen LogP contribution in [-0.4, -0.2) is 21.2 Å². The molecule has 0 aliphatic heterocycles. The molecule has 0 spiro atoms. The summed E-state index contributed by atoms with van der Waals surface area (Å²) in [4.78, 5) is 15.9. The Morgan fingerprint density at radius 1 is 1.19 bits per heavy atom. The van der Waals surface area contributed by atoms with Crippen molar-refractivity contribution in [3.05, 3.63) is 40.8 Å². The summed E-state index contributed by atoms with van der Waals surface area (Å²) in [6, 6.07) is 5.85. The van der Waals surface area contributed by atoms with E-state index < -0.39 is 28.4 Å². The second-order valence-electron chi connectivity index (χ2n) is 3.94. The molecular weight excluding hydrogens is 315 g/mol.